The summed E-state index contributed by atoms with van der Waals surface area (Å²) >= 11 is 0. The predicted molar refractivity (Wildman–Crippen MR) is 119 cm³/mol. The zero-order chi connectivity index (χ0) is 22.0. The molecule has 2 aromatic carbocycles. The molecule has 31 heavy (non-hydrogen) atoms. The van der Waals surface area contributed by atoms with Crippen molar-refractivity contribution in [3.05, 3.63) is 94.1 Å². The zero-order valence-corrected chi connectivity index (χ0v) is 17.6. The fraction of sp³-hybridized carbons (Fsp3) is 0.231. The van der Waals surface area contributed by atoms with E-state index in [9.17, 15) is 14.3 Å². The molecule has 0 saturated heterocycles. The van der Waals surface area contributed by atoms with Gasteiger partial charge in [-0.25, -0.2) is 14.2 Å². The van der Waals surface area contributed by atoms with E-state index >= 15 is 0 Å². The van der Waals surface area contributed by atoms with Crippen LogP contribution in [0.25, 0.3) is 11.1 Å². The first-order valence-electron chi connectivity index (χ1n) is 10.3. The van der Waals surface area contributed by atoms with Crippen LogP contribution in [0, 0.1) is 19.7 Å². The first-order valence-corrected chi connectivity index (χ1v) is 10.3. The number of aryl methyl sites for hydroxylation is 2. The maximum atomic E-state index is 13.2. The monoisotopic (exact) mass is 417 g/mol. The van der Waals surface area contributed by atoms with Crippen LogP contribution >= 0.6 is 0 Å². The smallest absolute Gasteiger partial charge is 0.354 e. The highest BCUT2D eigenvalue weighted by Gasteiger charge is 2.23. The Morgan fingerprint density at radius 3 is 2.52 bits per heavy atom. The first kappa shape index (κ1) is 20.8. The summed E-state index contributed by atoms with van der Waals surface area (Å²) in [5.74, 6) is -0.528. The molecule has 0 bridgehead atoms. The van der Waals surface area contributed by atoms with Gasteiger partial charge in [-0.2, -0.15) is 0 Å². The molecule has 158 valence electrons. The van der Waals surface area contributed by atoms with Crippen molar-refractivity contribution in [1.29, 1.82) is 0 Å². The number of aromatic nitrogens is 1. The number of ether oxygens (including phenoxy) is 1. The average molecular weight is 417 g/mol. The van der Waals surface area contributed by atoms with Crippen LogP contribution in [0.3, 0.4) is 0 Å². The molecule has 1 N–H and O–H groups in total. The fourth-order valence-corrected chi connectivity index (χ4v) is 3.98. The number of pyridine rings is 1. The van der Waals surface area contributed by atoms with Crippen LogP contribution in [0.4, 0.5) is 4.39 Å². The molecule has 0 aliphatic heterocycles. The summed E-state index contributed by atoms with van der Waals surface area (Å²) in [5, 5.41) is 9.47. The van der Waals surface area contributed by atoms with E-state index in [1.54, 1.807) is 19.1 Å². The third-order valence-corrected chi connectivity index (χ3v) is 5.59. The van der Waals surface area contributed by atoms with Gasteiger partial charge in [-0.05, 0) is 85.7 Å². The number of carbonyl (C=O) groups is 1. The van der Waals surface area contributed by atoms with Gasteiger partial charge in [-0.3, -0.25) is 0 Å². The summed E-state index contributed by atoms with van der Waals surface area (Å²) in [6, 6.07) is 16.1. The second-order valence-electron chi connectivity index (χ2n) is 7.89. The van der Waals surface area contributed by atoms with E-state index in [0.717, 1.165) is 52.8 Å². The number of rotatable bonds is 6. The minimum absolute atomic E-state index is 0.0910. The lowest BCUT2D eigenvalue weighted by Crippen LogP contribution is -2.05. The summed E-state index contributed by atoms with van der Waals surface area (Å²) in [6.45, 7) is 4.13. The number of hydrogen-bond acceptors (Lipinski definition) is 3. The Kier molecular flexibility index (Phi) is 5.85. The molecule has 1 aromatic heterocycles. The molecule has 4 nitrogen and oxygen atoms in total. The van der Waals surface area contributed by atoms with Crippen molar-refractivity contribution in [2.45, 2.75) is 39.7 Å². The molecule has 0 radical (unpaired) electrons. The maximum absolute atomic E-state index is 13.2. The van der Waals surface area contributed by atoms with Crippen molar-refractivity contribution in [2.24, 2.45) is 0 Å². The predicted octanol–water partition coefficient (Wildman–Crippen LogP) is 6.21. The Balaban J connectivity index is 1.72. The van der Waals surface area contributed by atoms with Gasteiger partial charge in [0.2, 0.25) is 0 Å². The van der Waals surface area contributed by atoms with Crippen molar-refractivity contribution < 1.29 is 19.0 Å². The van der Waals surface area contributed by atoms with Crippen LogP contribution < -0.4 is 4.74 Å². The average Bonchev–Trinajstić information content (AvgIpc) is 3.24. The number of hydrogen-bond donors (Lipinski definition) is 1. The van der Waals surface area contributed by atoms with Crippen LogP contribution in [0.1, 0.15) is 57.7 Å². The summed E-state index contributed by atoms with van der Waals surface area (Å²) in [6.07, 6.45) is 2.70. The third-order valence-electron chi connectivity index (χ3n) is 5.59. The van der Waals surface area contributed by atoms with Crippen LogP contribution in [0.5, 0.6) is 5.75 Å². The Morgan fingerprint density at radius 2 is 1.77 bits per heavy atom. The SMILES string of the molecule is Cc1ccc(OCc2ccc(F)cc2)c(C2=C(c3ccc(C)c(C(=O)O)n3)CCC2)c1. The molecular weight excluding hydrogens is 393 g/mol. The third kappa shape index (κ3) is 4.50. The Bertz CT molecular complexity index is 1170. The van der Waals surface area contributed by atoms with Gasteiger partial charge in [0.25, 0.3) is 0 Å². The number of halogens is 1. The zero-order valence-electron chi connectivity index (χ0n) is 17.6. The highest BCUT2D eigenvalue weighted by molar-refractivity contribution is 5.95. The van der Waals surface area contributed by atoms with E-state index in [2.05, 4.69) is 11.1 Å². The van der Waals surface area contributed by atoms with Crippen molar-refractivity contribution in [2.75, 3.05) is 0 Å². The molecule has 0 saturated carbocycles. The van der Waals surface area contributed by atoms with Crippen LogP contribution in [0.15, 0.2) is 54.6 Å². The topological polar surface area (TPSA) is 59.4 Å². The van der Waals surface area contributed by atoms with E-state index in [1.165, 1.54) is 12.1 Å². The van der Waals surface area contributed by atoms with Gasteiger partial charge in [-0.15, -0.1) is 0 Å². The van der Waals surface area contributed by atoms with Crippen LogP contribution in [-0.2, 0) is 6.61 Å². The minimum atomic E-state index is -1.02. The lowest BCUT2D eigenvalue weighted by Gasteiger charge is -2.16. The highest BCUT2D eigenvalue weighted by atomic mass is 19.1. The molecule has 0 unspecified atom stereocenters. The van der Waals surface area contributed by atoms with Crippen molar-refractivity contribution >= 4 is 17.1 Å². The van der Waals surface area contributed by atoms with E-state index in [0.29, 0.717) is 17.9 Å². The van der Waals surface area contributed by atoms with Gasteiger partial charge in [0, 0.05) is 5.56 Å². The van der Waals surface area contributed by atoms with Gasteiger partial charge in [0.1, 0.15) is 18.2 Å². The van der Waals surface area contributed by atoms with Gasteiger partial charge >= 0.3 is 5.97 Å². The van der Waals surface area contributed by atoms with Gasteiger partial charge < -0.3 is 9.84 Å². The van der Waals surface area contributed by atoms with E-state index in [1.807, 2.05) is 31.2 Å². The molecule has 0 spiro atoms. The number of carboxylic acid groups (broad SMARTS) is 1. The van der Waals surface area contributed by atoms with Crippen LogP contribution in [0.2, 0.25) is 0 Å². The van der Waals surface area contributed by atoms with Crippen molar-refractivity contribution in [3.63, 3.8) is 0 Å². The maximum Gasteiger partial charge on any atom is 0.354 e. The molecule has 0 fully saturated rings. The number of allylic oxidation sites excluding steroid dienone is 2. The standard InChI is InChI=1S/C26H24FNO3/c1-16-6-13-24(31-15-18-8-10-19(27)11-9-18)22(14-16)20-4-3-5-21(20)23-12-7-17(2)25(28-23)26(29)30/h6-14H,3-5,15H2,1-2H3,(H,29,30). The number of nitrogens with zero attached hydrogens (tertiary/aromatic N) is 1. The van der Waals surface area contributed by atoms with Crippen molar-refractivity contribution in [3.8, 4) is 5.75 Å². The molecule has 4 rings (SSSR count). The first-order chi connectivity index (χ1) is 14.9. The lowest BCUT2D eigenvalue weighted by atomic mass is 9.97. The molecule has 1 heterocycles. The molecule has 1 aliphatic carbocycles. The Morgan fingerprint density at radius 1 is 1.03 bits per heavy atom. The van der Waals surface area contributed by atoms with E-state index in [4.69, 9.17) is 4.74 Å². The molecule has 5 heteroatoms. The number of benzene rings is 2. The summed E-state index contributed by atoms with van der Waals surface area (Å²) in [7, 11) is 0. The Labute approximate surface area is 181 Å². The number of aromatic carboxylic acids is 1. The van der Waals surface area contributed by atoms with Crippen LogP contribution in [-0.4, -0.2) is 16.1 Å². The number of carboxylic acids is 1. The second kappa shape index (κ2) is 8.72. The van der Waals surface area contributed by atoms with Gasteiger partial charge in [0.15, 0.2) is 5.69 Å². The van der Waals surface area contributed by atoms with Gasteiger partial charge in [-0.1, -0.05) is 29.8 Å². The largest absolute Gasteiger partial charge is 0.488 e. The van der Waals surface area contributed by atoms with E-state index < -0.39 is 5.97 Å². The molecule has 0 atom stereocenters. The molecule has 1 aliphatic rings. The summed E-state index contributed by atoms with van der Waals surface area (Å²) < 4.78 is 19.3. The fourth-order valence-electron chi connectivity index (χ4n) is 3.98. The van der Waals surface area contributed by atoms with Crippen molar-refractivity contribution in [1.82, 2.24) is 4.98 Å². The molecular formula is C26H24FNO3. The highest BCUT2D eigenvalue weighted by Crippen LogP contribution is 2.42. The normalized spacial score (nSPS) is 13.5. The summed E-state index contributed by atoms with van der Waals surface area (Å²) in [5.41, 5.74) is 6.68. The second-order valence-corrected chi connectivity index (χ2v) is 7.89. The van der Waals surface area contributed by atoms with Gasteiger partial charge in [0.05, 0.1) is 5.69 Å². The quantitative estimate of drug-likeness (QED) is 0.518. The minimum Gasteiger partial charge on any atom is -0.488 e. The summed E-state index contributed by atoms with van der Waals surface area (Å²) in [4.78, 5) is 16.0. The van der Waals surface area contributed by atoms with E-state index in [-0.39, 0.29) is 11.5 Å². The lowest BCUT2D eigenvalue weighted by molar-refractivity contribution is 0.0689. The molecule has 3 aromatic rings. The Hall–Kier alpha value is -3.47. The molecule has 0 amide bonds.